The molecule has 0 aliphatic rings. The van der Waals surface area contributed by atoms with Gasteiger partial charge in [-0.2, -0.15) is 0 Å². The summed E-state index contributed by atoms with van der Waals surface area (Å²) < 4.78 is 12.6. The Balaban J connectivity index is 2.73. The van der Waals surface area contributed by atoms with Crippen molar-refractivity contribution in [3.63, 3.8) is 0 Å². The molecule has 0 heterocycles. The van der Waals surface area contributed by atoms with Crippen molar-refractivity contribution in [2.24, 2.45) is 0 Å². The number of amidine groups is 1. The Bertz CT molecular complexity index is 306. The van der Waals surface area contributed by atoms with Crippen LogP contribution in [-0.4, -0.2) is 12.9 Å². The molecule has 1 rings (SSSR count). The SMILES string of the molecule is CCCC(=N)N(C)c1ccc(F)cc1. The highest BCUT2D eigenvalue weighted by molar-refractivity contribution is 5.94. The second-order valence-corrected chi connectivity index (χ2v) is 3.23. The lowest BCUT2D eigenvalue weighted by Crippen LogP contribution is -2.24. The van der Waals surface area contributed by atoms with Gasteiger partial charge in [-0.3, -0.25) is 5.41 Å². The Morgan fingerprint density at radius 3 is 2.43 bits per heavy atom. The molecule has 0 atom stereocenters. The van der Waals surface area contributed by atoms with Crippen LogP contribution in [0, 0.1) is 11.2 Å². The van der Waals surface area contributed by atoms with Gasteiger partial charge >= 0.3 is 0 Å². The minimum Gasteiger partial charge on any atom is -0.333 e. The van der Waals surface area contributed by atoms with E-state index in [0.29, 0.717) is 5.84 Å². The van der Waals surface area contributed by atoms with Crippen molar-refractivity contribution in [1.29, 1.82) is 5.41 Å². The molecule has 0 amide bonds. The number of nitrogens with zero attached hydrogens (tertiary/aromatic N) is 1. The number of nitrogens with one attached hydrogen (secondary N) is 1. The Morgan fingerprint density at radius 2 is 1.93 bits per heavy atom. The van der Waals surface area contributed by atoms with Gasteiger partial charge < -0.3 is 4.90 Å². The minimum atomic E-state index is -0.246. The van der Waals surface area contributed by atoms with E-state index in [-0.39, 0.29) is 5.82 Å². The number of rotatable bonds is 3. The predicted octanol–water partition coefficient (Wildman–Crippen LogP) is 3.04. The normalized spacial score (nSPS) is 9.93. The maximum Gasteiger partial charge on any atom is 0.123 e. The number of hydrogen-bond acceptors (Lipinski definition) is 1. The van der Waals surface area contributed by atoms with Gasteiger partial charge in [0.05, 0.1) is 5.84 Å². The zero-order valence-corrected chi connectivity index (χ0v) is 8.55. The quantitative estimate of drug-likeness (QED) is 0.581. The van der Waals surface area contributed by atoms with Crippen molar-refractivity contribution >= 4 is 11.5 Å². The molecule has 76 valence electrons. The van der Waals surface area contributed by atoms with Crippen LogP contribution in [0.5, 0.6) is 0 Å². The summed E-state index contributed by atoms with van der Waals surface area (Å²) in [6.45, 7) is 2.03. The number of anilines is 1. The molecular formula is C11H15FN2. The summed E-state index contributed by atoms with van der Waals surface area (Å²) in [6, 6.07) is 6.18. The van der Waals surface area contributed by atoms with Crippen LogP contribution in [0.2, 0.25) is 0 Å². The molecule has 0 saturated carbocycles. The first-order chi connectivity index (χ1) is 6.65. The van der Waals surface area contributed by atoms with Crippen LogP contribution >= 0.6 is 0 Å². The number of halogens is 1. The van der Waals surface area contributed by atoms with Gasteiger partial charge in [-0.25, -0.2) is 4.39 Å². The summed E-state index contributed by atoms with van der Waals surface area (Å²) in [6.07, 6.45) is 1.69. The highest BCUT2D eigenvalue weighted by Gasteiger charge is 2.05. The molecule has 0 fully saturated rings. The minimum absolute atomic E-state index is 0.246. The molecule has 3 heteroatoms. The molecule has 1 aromatic carbocycles. The third-order valence-corrected chi connectivity index (χ3v) is 2.11. The van der Waals surface area contributed by atoms with Crippen molar-refractivity contribution in [1.82, 2.24) is 0 Å². The van der Waals surface area contributed by atoms with Crippen molar-refractivity contribution in [2.45, 2.75) is 19.8 Å². The van der Waals surface area contributed by atoms with E-state index in [9.17, 15) is 4.39 Å². The summed E-state index contributed by atoms with van der Waals surface area (Å²) >= 11 is 0. The van der Waals surface area contributed by atoms with Gasteiger partial charge in [0, 0.05) is 19.2 Å². The molecule has 1 aromatic rings. The first-order valence-electron chi connectivity index (χ1n) is 4.72. The van der Waals surface area contributed by atoms with Gasteiger partial charge in [0.1, 0.15) is 5.82 Å². The zero-order valence-electron chi connectivity index (χ0n) is 8.55. The lowest BCUT2D eigenvalue weighted by molar-refractivity contribution is 0.628. The zero-order chi connectivity index (χ0) is 10.6. The van der Waals surface area contributed by atoms with E-state index in [4.69, 9.17) is 5.41 Å². The van der Waals surface area contributed by atoms with E-state index in [0.717, 1.165) is 18.5 Å². The summed E-state index contributed by atoms with van der Waals surface area (Å²) in [5.41, 5.74) is 0.852. The summed E-state index contributed by atoms with van der Waals surface area (Å²) in [5.74, 6) is 0.309. The van der Waals surface area contributed by atoms with E-state index in [2.05, 4.69) is 0 Å². The second kappa shape index (κ2) is 4.74. The van der Waals surface area contributed by atoms with Crippen LogP contribution < -0.4 is 4.90 Å². The van der Waals surface area contributed by atoms with Crippen molar-refractivity contribution in [3.8, 4) is 0 Å². The van der Waals surface area contributed by atoms with Crippen molar-refractivity contribution in [2.75, 3.05) is 11.9 Å². The van der Waals surface area contributed by atoms with Crippen LogP contribution in [0.1, 0.15) is 19.8 Å². The van der Waals surface area contributed by atoms with E-state index in [1.165, 1.54) is 12.1 Å². The molecule has 0 aliphatic heterocycles. The lowest BCUT2D eigenvalue weighted by Gasteiger charge is -2.19. The maximum atomic E-state index is 12.6. The fourth-order valence-corrected chi connectivity index (χ4v) is 1.23. The molecule has 14 heavy (non-hydrogen) atoms. The Morgan fingerprint density at radius 1 is 1.36 bits per heavy atom. The monoisotopic (exact) mass is 194 g/mol. The van der Waals surface area contributed by atoms with E-state index >= 15 is 0 Å². The molecule has 0 aromatic heterocycles. The van der Waals surface area contributed by atoms with Crippen LogP contribution in [0.3, 0.4) is 0 Å². The van der Waals surface area contributed by atoms with E-state index in [1.807, 2.05) is 14.0 Å². The fourth-order valence-electron chi connectivity index (χ4n) is 1.23. The maximum absolute atomic E-state index is 12.6. The van der Waals surface area contributed by atoms with Gasteiger partial charge in [-0.1, -0.05) is 6.92 Å². The molecule has 0 radical (unpaired) electrons. The van der Waals surface area contributed by atoms with Gasteiger partial charge in [0.25, 0.3) is 0 Å². The smallest absolute Gasteiger partial charge is 0.123 e. The van der Waals surface area contributed by atoms with E-state index in [1.54, 1.807) is 17.0 Å². The summed E-state index contributed by atoms with van der Waals surface area (Å²) in [4.78, 5) is 1.77. The highest BCUT2D eigenvalue weighted by atomic mass is 19.1. The number of hydrogen-bond donors (Lipinski definition) is 1. The van der Waals surface area contributed by atoms with Crippen LogP contribution in [0.25, 0.3) is 0 Å². The van der Waals surface area contributed by atoms with Crippen LogP contribution in [0.15, 0.2) is 24.3 Å². The average molecular weight is 194 g/mol. The highest BCUT2D eigenvalue weighted by Crippen LogP contribution is 2.14. The lowest BCUT2D eigenvalue weighted by atomic mass is 10.2. The molecule has 0 saturated heterocycles. The predicted molar refractivity (Wildman–Crippen MR) is 57.4 cm³/mol. The standard InChI is InChI=1S/C11H15FN2/c1-3-4-11(13)14(2)10-7-5-9(12)6-8-10/h5-8,13H,3-4H2,1-2H3. The van der Waals surface area contributed by atoms with Crippen molar-refractivity contribution < 1.29 is 4.39 Å². The molecule has 0 aliphatic carbocycles. The van der Waals surface area contributed by atoms with Crippen LogP contribution in [-0.2, 0) is 0 Å². The average Bonchev–Trinajstić information content (AvgIpc) is 2.18. The van der Waals surface area contributed by atoms with Gasteiger partial charge in [0.15, 0.2) is 0 Å². The molecule has 1 N–H and O–H groups in total. The Kier molecular flexibility index (Phi) is 3.63. The van der Waals surface area contributed by atoms with Gasteiger partial charge in [0.2, 0.25) is 0 Å². The van der Waals surface area contributed by atoms with Gasteiger partial charge in [-0.05, 0) is 30.7 Å². The first kappa shape index (κ1) is 10.7. The third kappa shape index (κ3) is 2.55. The topological polar surface area (TPSA) is 27.1 Å². The second-order valence-electron chi connectivity index (χ2n) is 3.23. The fraction of sp³-hybridized carbons (Fsp3) is 0.364. The Hall–Kier alpha value is -1.38. The summed E-state index contributed by atoms with van der Waals surface area (Å²) in [5, 5.41) is 7.72. The summed E-state index contributed by atoms with van der Waals surface area (Å²) in [7, 11) is 1.82. The Labute approximate surface area is 83.9 Å². The largest absolute Gasteiger partial charge is 0.333 e. The first-order valence-corrected chi connectivity index (χ1v) is 4.72. The molecule has 0 bridgehead atoms. The van der Waals surface area contributed by atoms with Crippen LogP contribution in [0.4, 0.5) is 10.1 Å². The van der Waals surface area contributed by atoms with Gasteiger partial charge in [-0.15, -0.1) is 0 Å². The van der Waals surface area contributed by atoms with E-state index < -0.39 is 0 Å². The third-order valence-electron chi connectivity index (χ3n) is 2.11. The molecular weight excluding hydrogens is 179 g/mol. The number of benzene rings is 1. The molecule has 0 spiro atoms. The molecule has 0 unspecified atom stereocenters. The molecule has 2 nitrogen and oxygen atoms in total. The van der Waals surface area contributed by atoms with Crippen molar-refractivity contribution in [3.05, 3.63) is 30.1 Å².